The van der Waals surface area contributed by atoms with Gasteiger partial charge >= 0.3 is 5.97 Å². The third-order valence-electron chi connectivity index (χ3n) is 4.23. The zero-order valence-electron chi connectivity index (χ0n) is 16.4. The van der Waals surface area contributed by atoms with E-state index >= 15 is 0 Å². The molecular weight excluding hydrogens is 387 g/mol. The molecule has 7 heteroatoms. The van der Waals surface area contributed by atoms with Gasteiger partial charge in [0.1, 0.15) is 0 Å². The maximum absolute atomic E-state index is 11.3. The van der Waals surface area contributed by atoms with Gasteiger partial charge in [-0.1, -0.05) is 35.3 Å². The van der Waals surface area contributed by atoms with Crippen molar-refractivity contribution >= 4 is 29.2 Å². The lowest BCUT2D eigenvalue weighted by molar-refractivity contribution is -0.149. The van der Waals surface area contributed by atoms with Gasteiger partial charge in [0.25, 0.3) is 0 Å². The molecule has 2 fully saturated rings. The highest BCUT2D eigenvalue weighted by Crippen LogP contribution is 2.19. The lowest BCUT2D eigenvalue weighted by Gasteiger charge is -2.27. The van der Waals surface area contributed by atoms with Gasteiger partial charge in [-0.2, -0.15) is 0 Å². The van der Waals surface area contributed by atoms with E-state index in [0.29, 0.717) is 16.7 Å². The van der Waals surface area contributed by atoms with Crippen LogP contribution in [0.3, 0.4) is 0 Å². The fourth-order valence-corrected chi connectivity index (χ4v) is 2.89. The summed E-state index contributed by atoms with van der Waals surface area (Å²) >= 11 is 11.2. The molecule has 2 heterocycles. The van der Waals surface area contributed by atoms with E-state index in [-0.39, 0.29) is 11.9 Å². The first-order valence-corrected chi connectivity index (χ1v) is 10.3. The van der Waals surface area contributed by atoms with Crippen molar-refractivity contribution in [3.05, 3.63) is 34.3 Å². The lowest BCUT2D eigenvalue weighted by atomic mass is 9.97. The Morgan fingerprint density at radius 3 is 2.37 bits per heavy atom. The van der Waals surface area contributed by atoms with Crippen LogP contribution in [0.2, 0.25) is 10.0 Å². The van der Waals surface area contributed by atoms with Gasteiger partial charge in [-0.05, 0) is 65.0 Å². The standard InChI is InChI=1S/C9H17NO2.C6H4Cl2.C5H11NO/c1-3-12-9(11)8-4-6-10(2)7-5-8;7-5-3-1-2-4-6(5)8;1-2-6-3-5-7-4-1/h8H,3-7H2,1-2H3;1-4H;6H,1-5H2. The van der Waals surface area contributed by atoms with Gasteiger partial charge in [0.15, 0.2) is 0 Å². The highest BCUT2D eigenvalue weighted by molar-refractivity contribution is 6.41. The van der Waals surface area contributed by atoms with Crippen LogP contribution in [0.1, 0.15) is 26.2 Å². The summed E-state index contributed by atoms with van der Waals surface area (Å²) in [6.07, 6.45) is 3.07. The molecule has 27 heavy (non-hydrogen) atoms. The number of benzene rings is 1. The monoisotopic (exact) mass is 418 g/mol. The minimum Gasteiger partial charge on any atom is -0.466 e. The summed E-state index contributed by atoms with van der Waals surface area (Å²) in [4.78, 5) is 13.5. The Hall–Kier alpha value is -0.850. The van der Waals surface area contributed by atoms with Crippen molar-refractivity contribution in [2.24, 2.45) is 5.92 Å². The summed E-state index contributed by atoms with van der Waals surface area (Å²) in [5.74, 6) is 0.145. The van der Waals surface area contributed by atoms with Crippen LogP contribution in [0.15, 0.2) is 24.3 Å². The minimum atomic E-state index is -0.00870. The summed E-state index contributed by atoms with van der Waals surface area (Å²) in [6.45, 7) is 8.37. The van der Waals surface area contributed by atoms with Crippen LogP contribution in [0.5, 0.6) is 0 Å². The van der Waals surface area contributed by atoms with Gasteiger partial charge in [-0.15, -0.1) is 0 Å². The van der Waals surface area contributed by atoms with Crippen molar-refractivity contribution in [3.63, 3.8) is 0 Å². The van der Waals surface area contributed by atoms with Crippen LogP contribution in [-0.2, 0) is 14.3 Å². The van der Waals surface area contributed by atoms with Crippen molar-refractivity contribution in [1.29, 1.82) is 0 Å². The van der Waals surface area contributed by atoms with Crippen molar-refractivity contribution in [2.75, 3.05) is 53.0 Å². The quantitative estimate of drug-likeness (QED) is 0.738. The molecule has 0 bridgehead atoms. The van der Waals surface area contributed by atoms with Gasteiger partial charge in [-0.3, -0.25) is 4.79 Å². The second kappa shape index (κ2) is 15.1. The number of nitrogens with one attached hydrogen (secondary N) is 1. The highest BCUT2D eigenvalue weighted by Gasteiger charge is 2.23. The number of esters is 1. The van der Waals surface area contributed by atoms with E-state index in [1.54, 1.807) is 12.1 Å². The molecule has 0 atom stereocenters. The van der Waals surface area contributed by atoms with E-state index in [1.165, 1.54) is 6.42 Å². The second-order valence-electron chi connectivity index (χ2n) is 6.46. The predicted octanol–water partition coefficient (Wildman–Crippen LogP) is 3.88. The molecule has 0 unspecified atom stereocenters. The van der Waals surface area contributed by atoms with Gasteiger partial charge in [0.05, 0.1) is 29.2 Å². The summed E-state index contributed by atoms with van der Waals surface area (Å²) < 4.78 is 10.1. The third-order valence-corrected chi connectivity index (χ3v) is 4.98. The fourth-order valence-electron chi connectivity index (χ4n) is 2.61. The molecule has 1 aromatic rings. The number of carbonyl (C=O) groups is 1. The Kier molecular flexibility index (Phi) is 13.5. The van der Waals surface area contributed by atoms with Crippen LogP contribution in [0, 0.1) is 5.92 Å². The number of ether oxygens (including phenoxy) is 2. The SMILES string of the molecule is C1CNCCOC1.CCOC(=O)C1CCN(C)CC1.Clc1ccccc1Cl. The van der Waals surface area contributed by atoms with Gasteiger partial charge in [-0.25, -0.2) is 0 Å². The molecular formula is C20H32Cl2N2O3. The van der Waals surface area contributed by atoms with Crippen LogP contribution >= 0.6 is 23.2 Å². The zero-order valence-corrected chi connectivity index (χ0v) is 17.9. The van der Waals surface area contributed by atoms with E-state index in [4.69, 9.17) is 32.7 Å². The number of halogens is 2. The van der Waals surface area contributed by atoms with Gasteiger partial charge in [0.2, 0.25) is 0 Å². The topological polar surface area (TPSA) is 50.8 Å². The molecule has 3 rings (SSSR count). The summed E-state index contributed by atoms with van der Waals surface area (Å²) in [5, 5.41) is 4.43. The molecule has 2 aliphatic rings. The molecule has 1 N–H and O–H groups in total. The number of piperidine rings is 1. The Morgan fingerprint density at radius 2 is 1.81 bits per heavy atom. The molecule has 0 radical (unpaired) electrons. The number of hydrogen-bond donors (Lipinski definition) is 1. The number of hydrogen-bond acceptors (Lipinski definition) is 5. The van der Waals surface area contributed by atoms with Gasteiger partial charge < -0.3 is 19.7 Å². The largest absolute Gasteiger partial charge is 0.466 e. The normalized spacial score (nSPS) is 18.2. The summed E-state index contributed by atoms with van der Waals surface area (Å²) in [6, 6.07) is 7.19. The molecule has 0 aliphatic carbocycles. The van der Waals surface area contributed by atoms with E-state index in [9.17, 15) is 4.79 Å². The number of likely N-dealkylation sites (tertiary alicyclic amines) is 1. The van der Waals surface area contributed by atoms with Crippen molar-refractivity contribution < 1.29 is 14.3 Å². The summed E-state index contributed by atoms with van der Waals surface area (Å²) in [7, 11) is 2.08. The molecule has 1 aromatic carbocycles. The Bertz CT molecular complexity index is 483. The minimum absolute atomic E-state index is 0.00870. The smallest absolute Gasteiger partial charge is 0.309 e. The first kappa shape index (κ1) is 24.2. The molecule has 0 spiro atoms. The average molecular weight is 419 g/mol. The lowest BCUT2D eigenvalue weighted by Crippen LogP contribution is -2.34. The number of rotatable bonds is 2. The Balaban J connectivity index is 0.000000212. The van der Waals surface area contributed by atoms with E-state index < -0.39 is 0 Å². The molecule has 154 valence electrons. The maximum Gasteiger partial charge on any atom is 0.309 e. The first-order valence-electron chi connectivity index (χ1n) is 9.58. The molecule has 2 saturated heterocycles. The van der Waals surface area contributed by atoms with E-state index in [1.807, 2.05) is 19.1 Å². The van der Waals surface area contributed by atoms with E-state index in [0.717, 1.165) is 52.2 Å². The third kappa shape index (κ3) is 11.6. The molecule has 0 saturated carbocycles. The van der Waals surface area contributed by atoms with Crippen LogP contribution in [0.25, 0.3) is 0 Å². The van der Waals surface area contributed by atoms with Crippen LogP contribution in [-0.4, -0.2) is 63.9 Å². The van der Waals surface area contributed by atoms with Crippen molar-refractivity contribution in [3.8, 4) is 0 Å². The van der Waals surface area contributed by atoms with Crippen LogP contribution < -0.4 is 5.32 Å². The number of carbonyl (C=O) groups excluding carboxylic acids is 1. The molecule has 0 aromatic heterocycles. The Labute approximate surface area is 173 Å². The highest BCUT2D eigenvalue weighted by atomic mass is 35.5. The van der Waals surface area contributed by atoms with Crippen molar-refractivity contribution in [1.82, 2.24) is 10.2 Å². The second-order valence-corrected chi connectivity index (χ2v) is 7.27. The number of nitrogens with zero attached hydrogens (tertiary/aromatic N) is 1. The average Bonchev–Trinajstić information content (AvgIpc) is 2.99. The molecule has 5 nitrogen and oxygen atoms in total. The van der Waals surface area contributed by atoms with E-state index in [2.05, 4.69) is 17.3 Å². The fraction of sp³-hybridized carbons (Fsp3) is 0.650. The first-order chi connectivity index (χ1) is 13.0. The predicted molar refractivity (Wildman–Crippen MR) is 112 cm³/mol. The maximum atomic E-state index is 11.3. The molecule has 0 amide bonds. The van der Waals surface area contributed by atoms with Crippen molar-refractivity contribution in [2.45, 2.75) is 26.2 Å². The summed E-state index contributed by atoms with van der Waals surface area (Å²) in [5.41, 5.74) is 0. The Morgan fingerprint density at radius 1 is 1.19 bits per heavy atom. The zero-order chi connectivity index (χ0) is 19.9. The van der Waals surface area contributed by atoms with Gasteiger partial charge in [0, 0.05) is 13.2 Å². The molecule has 2 aliphatic heterocycles. The van der Waals surface area contributed by atoms with Crippen LogP contribution in [0.4, 0.5) is 0 Å².